The molecule has 2 aromatic rings. The zero-order chi connectivity index (χ0) is 20.3. The number of nitrogens with zero attached hydrogens (tertiary/aromatic N) is 2. The third-order valence-electron chi connectivity index (χ3n) is 6.43. The van der Waals surface area contributed by atoms with Crippen LogP contribution in [-0.4, -0.2) is 12.1 Å². The summed E-state index contributed by atoms with van der Waals surface area (Å²) in [6, 6.07) is 17.1. The number of nitriles is 1. The van der Waals surface area contributed by atoms with Crippen LogP contribution in [0.4, 0.5) is 0 Å². The van der Waals surface area contributed by atoms with Crippen molar-refractivity contribution in [3.05, 3.63) is 65.2 Å². The minimum Gasteiger partial charge on any atom is -0.488 e. The third kappa shape index (κ3) is 3.88. The summed E-state index contributed by atoms with van der Waals surface area (Å²) in [5.74, 6) is 1.29. The zero-order valence-corrected chi connectivity index (χ0v) is 16.6. The van der Waals surface area contributed by atoms with E-state index in [-0.39, 0.29) is 17.2 Å². The highest BCUT2D eigenvalue weighted by Gasteiger charge is 2.64. The van der Waals surface area contributed by atoms with Crippen LogP contribution in [0.5, 0.6) is 5.75 Å². The van der Waals surface area contributed by atoms with E-state index >= 15 is 0 Å². The number of benzene rings is 2. The van der Waals surface area contributed by atoms with Gasteiger partial charge in [-0.15, -0.1) is 0 Å². The summed E-state index contributed by atoms with van der Waals surface area (Å²) >= 11 is 0. The molecule has 4 rings (SSSR count). The Kier molecular flexibility index (Phi) is 5.35. The Hall–Kier alpha value is -3.13. The number of carbonyl (C=O) groups excluding carboxylic acids is 1. The molecule has 0 heterocycles. The van der Waals surface area contributed by atoms with Crippen LogP contribution in [0.3, 0.4) is 0 Å². The number of carbonyl (C=O) groups is 1. The highest BCUT2D eigenvalue weighted by Crippen LogP contribution is 2.66. The van der Waals surface area contributed by atoms with E-state index in [2.05, 4.69) is 23.5 Å². The maximum atomic E-state index is 12.5. The van der Waals surface area contributed by atoms with Crippen molar-refractivity contribution in [2.24, 2.45) is 22.4 Å². The Morgan fingerprint density at radius 1 is 1.28 bits per heavy atom. The third-order valence-corrected chi connectivity index (χ3v) is 6.43. The maximum Gasteiger partial charge on any atom is 0.244 e. The molecule has 0 spiro atoms. The zero-order valence-electron chi connectivity index (χ0n) is 16.6. The summed E-state index contributed by atoms with van der Waals surface area (Å²) in [4.78, 5) is 12.5. The molecule has 148 valence electrons. The molecule has 0 aromatic heterocycles. The Balaban J connectivity index is 1.38. The highest BCUT2D eigenvalue weighted by atomic mass is 16.5. The number of hydrogen-bond acceptors (Lipinski definition) is 4. The fraction of sp³-hybridized carbons (Fsp3) is 0.375. The lowest BCUT2D eigenvalue weighted by atomic mass is 9.90. The van der Waals surface area contributed by atoms with Gasteiger partial charge < -0.3 is 4.74 Å². The number of para-hydroxylation sites is 1. The topological polar surface area (TPSA) is 74.5 Å². The van der Waals surface area contributed by atoms with E-state index in [1.807, 2.05) is 42.5 Å². The molecule has 2 aromatic carbocycles. The van der Waals surface area contributed by atoms with Gasteiger partial charge in [0.05, 0.1) is 17.8 Å². The minimum atomic E-state index is 0.0250. The van der Waals surface area contributed by atoms with Gasteiger partial charge in [-0.3, -0.25) is 4.79 Å². The normalized spacial score (nSPS) is 25.1. The molecule has 2 saturated carbocycles. The van der Waals surface area contributed by atoms with E-state index in [0.29, 0.717) is 23.8 Å². The van der Waals surface area contributed by atoms with Crippen molar-refractivity contribution in [1.29, 1.82) is 5.26 Å². The second-order valence-corrected chi connectivity index (χ2v) is 8.17. The van der Waals surface area contributed by atoms with Crippen LogP contribution in [-0.2, 0) is 11.4 Å². The van der Waals surface area contributed by atoms with Gasteiger partial charge in [0.25, 0.3) is 0 Å². The second-order valence-electron chi connectivity index (χ2n) is 8.17. The molecular weight excluding hydrogens is 362 g/mol. The summed E-state index contributed by atoms with van der Waals surface area (Å²) in [5, 5.41) is 13.4. The second kappa shape index (κ2) is 8.08. The number of nitrogens with one attached hydrogen (secondary N) is 1. The first-order chi connectivity index (χ1) is 14.1. The van der Waals surface area contributed by atoms with E-state index in [1.165, 1.54) is 12.8 Å². The van der Waals surface area contributed by atoms with Gasteiger partial charge in [-0.2, -0.15) is 10.4 Å². The maximum absolute atomic E-state index is 12.5. The van der Waals surface area contributed by atoms with Gasteiger partial charge in [0.15, 0.2) is 0 Å². The van der Waals surface area contributed by atoms with E-state index in [9.17, 15) is 10.1 Å². The van der Waals surface area contributed by atoms with Gasteiger partial charge in [0, 0.05) is 17.0 Å². The monoisotopic (exact) mass is 387 g/mol. The van der Waals surface area contributed by atoms with Crippen LogP contribution < -0.4 is 10.2 Å². The van der Waals surface area contributed by atoms with Crippen molar-refractivity contribution >= 4 is 12.1 Å². The summed E-state index contributed by atoms with van der Waals surface area (Å²) in [6.45, 7) is 2.52. The van der Waals surface area contributed by atoms with Gasteiger partial charge in [0.2, 0.25) is 5.91 Å². The number of hydrogen-bond donors (Lipinski definition) is 1. The standard InChI is InChI=1S/C24H25N3O2/c1-24-13-7-6-11-20(24)22(24)23(28)27-26-15-18-9-4-5-12-21(18)29-16-19-10-3-2-8-17(19)14-25/h2-5,8-10,12,15,20,22H,6-7,11,13,16H2,1H3,(H,27,28)/b26-15-/t20-,22+,24+/m1/s1. The highest BCUT2D eigenvalue weighted by molar-refractivity contribution is 5.87. The van der Waals surface area contributed by atoms with Crippen molar-refractivity contribution in [2.75, 3.05) is 0 Å². The molecule has 2 aliphatic rings. The van der Waals surface area contributed by atoms with Crippen LogP contribution in [0.25, 0.3) is 0 Å². The molecular formula is C24H25N3O2. The molecule has 0 unspecified atom stereocenters. The molecule has 0 bridgehead atoms. The summed E-state index contributed by atoms with van der Waals surface area (Å²) in [7, 11) is 0. The van der Waals surface area contributed by atoms with E-state index in [4.69, 9.17) is 4.74 Å². The summed E-state index contributed by atoms with van der Waals surface area (Å²) in [5.41, 5.74) is 5.11. The molecule has 0 radical (unpaired) electrons. The first-order valence-corrected chi connectivity index (χ1v) is 10.2. The molecule has 0 saturated heterocycles. The largest absolute Gasteiger partial charge is 0.488 e. The number of fused-ring (bicyclic) bond motifs is 1. The van der Waals surface area contributed by atoms with Crippen molar-refractivity contribution in [1.82, 2.24) is 5.43 Å². The predicted octanol–water partition coefficient (Wildman–Crippen LogP) is 4.41. The smallest absolute Gasteiger partial charge is 0.244 e. The van der Waals surface area contributed by atoms with Crippen LogP contribution >= 0.6 is 0 Å². The lowest BCUT2D eigenvalue weighted by molar-refractivity contribution is -0.123. The van der Waals surface area contributed by atoms with Crippen LogP contribution in [0.15, 0.2) is 53.6 Å². The summed E-state index contributed by atoms with van der Waals surface area (Å²) in [6.07, 6.45) is 6.36. The number of amides is 1. The van der Waals surface area contributed by atoms with Crippen molar-refractivity contribution in [3.8, 4) is 11.8 Å². The van der Waals surface area contributed by atoms with Crippen LogP contribution in [0.2, 0.25) is 0 Å². The molecule has 5 nitrogen and oxygen atoms in total. The van der Waals surface area contributed by atoms with E-state index in [0.717, 1.165) is 24.0 Å². The fourth-order valence-corrected chi connectivity index (χ4v) is 4.71. The van der Waals surface area contributed by atoms with Gasteiger partial charge in [-0.05, 0) is 42.4 Å². The molecule has 2 aliphatic carbocycles. The van der Waals surface area contributed by atoms with Gasteiger partial charge >= 0.3 is 0 Å². The Bertz CT molecular complexity index is 978. The lowest BCUT2D eigenvalue weighted by Gasteiger charge is -2.15. The number of rotatable bonds is 6. The quantitative estimate of drug-likeness (QED) is 0.589. The molecule has 0 aliphatic heterocycles. The van der Waals surface area contributed by atoms with E-state index < -0.39 is 0 Å². The van der Waals surface area contributed by atoms with Gasteiger partial charge in [-0.25, -0.2) is 5.43 Å². The van der Waals surface area contributed by atoms with Crippen LogP contribution in [0, 0.1) is 28.6 Å². The van der Waals surface area contributed by atoms with Gasteiger partial charge in [-0.1, -0.05) is 50.1 Å². The SMILES string of the molecule is C[C@]12CCCC[C@@H]1[C@H]2C(=O)N/N=C\c1ccccc1OCc1ccccc1C#N. The average molecular weight is 387 g/mol. The molecule has 3 atom stereocenters. The molecule has 29 heavy (non-hydrogen) atoms. The Labute approximate surface area is 171 Å². The van der Waals surface area contributed by atoms with Crippen molar-refractivity contribution in [2.45, 2.75) is 39.2 Å². The van der Waals surface area contributed by atoms with Gasteiger partial charge in [0.1, 0.15) is 12.4 Å². The number of ether oxygens (including phenoxy) is 1. The predicted molar refractivity (Wildman–Crippen MR) is 111 cm³/mol. The first-order valence-electron chi connectivity index (χ1n) is 10.2. The van der Waals surface area contributed by atoms with Crippen molar-refractivity contribution < 1.29 is 9.53 Å². The molecule has 1 N–H and O–H groups in total. The van der Waals surface area contributed by atoms with E-state index in [1.54, 1.807) is 12.3 Å². The molecule has 2 fully saturated rings. The van der Waals surface area contributed by atoms with Crippen LogP contribution in [0.1, 0.15) is 49.3 Å². The average Bonchev–Trinajstić information content (AvgIpc) is 3.38. The Morgan fingerprint density at radius 3 is 2.86 bits per heavy atom. The van der Waals surface area contributed by atoms with Crippen molar-refractivity contribution in [3.63, 3.8) is 0 Å². The first kappa shape index (κ1) is 19.2. The molecule has 5 heteroatoms. The minimum absolute atomic E-state index is 0.0250. The fourth-order valence-electron chi connectivity index (χ4n) is 4.71. The number of hydrazone groups is 1. The summed E-state index contributed by atoms with van der Waals surface area (Å²) < 4.78 is 5.92. The lowest BCUT2D eigenvalue weighted by Crippen LogP contribution is -2.22. The Morgan fingerprint density at radius 2 is 2.07 bits per heavy atom. The molecule has 1 amide bonds.